The van der Waals surface area contributed by atoms with Crippen LogP contribution in [0.1, 0.15) is 27.5 Å². The van der Waals surface area contributed by atoms with Crippen LogP contribution in [0.4, 0.5) is 0 Å². The molecule has 0 aromatic carbocycles. The topological polar surface area (TPSA) is 99.9 Å². The molecule has 1 aliphatic heterocycles. The molecular weight excluding hydrogens is 240 g/mol. The summed E-state index contributed by atoms with van der Waals surface area (Å²) in [5, 5.41) is 11.3. The van der Waals surface area contributed by atoms with E-state index in [2.05, 4.69) is 5.32 Å². The largest absolute Gasteiger partial charge is 0.475 e. The van der Waals surface area contributed by atoms with Gasteiger partial charge in [0.2, 0.25) is 11.7 Å². The first-order valence-corrected chi connectivity index (χ1v) is 5.47. The van der Waals surface area contributed by atoms with Crippen molar-refractivity contribution in [3.8, 4) is 0 Å². The van der Waals surface area contributed by atoms with Crippen molar-refractivity contribution in [3.63, 3.8) is 0 Å². The number of hydrogen-bond donors (Lipinski definition) is 2. The van der Waals surface area contributed by atoms with Crippen LogP contribution in [0.25, 0.3) is 0 Å². The normalized spacial score (nSPS) is 16.0. The minimum absolute atomic E-state index is 0.0397. The van der Waals surface area contributed by atoms with Gasteiger partial charge in [0, 0.05) is 13.1 Å². The Balaban J connectivity index is 2.13. The van der Waals surface area contributed by atoms with E-state index in [1.54, 1.807) is 0 Å². The third-order valence-electron chi connectivity index (χ3n) is 2.58. The van der Waals surface area contributed by atoms with Gasteiger partial charge in [-0.25, -0.2) is 4.79 Å². The van der Waals surface area contributed by atoms with E-state index in [1.807, 2.05) is 0 Å². The molecule has 7 heteroatoms. The first-order valence-electron chi connectivity index (χ1n) is 5.47. The van der Waals surface area contributed by atoms with Gasteiger partial charge in [-0.3, -0.25) is 9.59 Å². The van der Waals surface area contributed by atoms with Crippen molar-refractivity contribution in [1.82, 2.24) is 10.2 Å². The van der Waals surface area contributed by atoms with E-state index in [4.69, 9.17) is 9.52 Å². The number of amides is 2. The molecule has 2 heterocycles. The fourth-order valence-electron chi connectivity index (χ4n) is 1.70. The van der Waals surface area contributed by atoms with Gasteiger partial charge in [-0.2, -0.15) is 0 Å². The highest BCUT2D eigenvalue weighted by Gasteiger charge is 2.24. The van der Waals surface area contributed by atoms with Crippen LogP contribution in [-0.4, -0.2) is 47.4 Å². The first-order chi connectivity index (χ1) is 8.58. The maximum atomic E-state index is 12.0. The zero-order valence-electron chi connectivity index (χ0n) is 9.51. The second-order valence-corrected chi connectivity index (χ2v) is 3.90. The van der Waals surface area contributed by atoms with Crippen LogP contribution in [0.2, 0.25) is 0 Å². The van der Waals surface area contributed by atoms with Gasteiger partial charge < -0.3 is 19.7 Å². The number of carbonyl (C=O) groups excluding carboxylic acids is 2. The number of carbonyl (C=O) groups is 3. The van der Waals surface area contributed by atoms with E-state index < -0.39 is 11.9 Å². The Bertz CT molecular complexity index is 493. The van der Waals surface area contributed by atoms with Gasteiger partial charge in [0.05, 0.1) is 6.54 Å². The summed E-state index contributed by atoms with van der Waals surface area (Å²) in [7, 11) is 0. The Hall–Kier alpha value is -2.31. The molecule has 2 rings (SSSR count). The van der Waals surface area contributed by atoms with Crippen molar-refractivity contribution < 1.29 is 23.9 Å². The third kappa shape index (κ3) is 2.50. The highest BCUT2D eigenvalue weighted by Crippen LogP contribution is 2.11. The monoisotopic (exact) mass is 252 g/mol. The van der Waals surface area contributed by atoms with E-state index >= 15 is 0 Å². The third-order valence-corrected chi connectivity index (χ3v) is 2.58. The van der Waals surface area contributed by atoms with Crippen LogP contribution in [0, 0.1) is 0 Å². The molecule has 0 unspecified atom stereocenters. The highest BCUT2D eigenvalue weighted by atomic mass is 16.4. The number of carboxylic acid groups (broad SMARTS) is 1. The summed E-state index contributed by atoms with van der Waals surface area (Å²) in [5.74, 6) is -2.30. The fourth-order valence-corrected chi connectivity index (χ4v) is 1.70. The second-order valence-electron chi connectivity index (χ2n) is 3.90. The summed E-state index contributed by atoms with van der Waals surface area (Å²) in [4.78, 5) is 35.3. The summed E-state index contributed by atoms with van der Waals surface area (Å²) in [6.45, 7) is 0.920. The molecule has 0 saturated carbocycles. The van der Waals surface area contributed by atoms with E-state index in [9.17, 15) is 14.4 Å². The number of nitrogens with zero attached hydrogens (tertiary/aromatic N) is 1. The van der Waals surface area contributed by atoms with Crippen LogP contribution >= 0.6 is 0 Å². The summed E-state index contributed by atoms with van der Waals surface area (Å²) in [6, 6.07) is 2.52. The van der Waals surface area contributed by atoms with E-state index in [0.717, 1.165) is 0 Å². The molecule has 1 aliphatic rings. The molecule has 0 atom stereocenters. The molecule has 1 saturated heterocycles. The van der Waals surface area contributed by atoms with Gasteiger partial charge in [0.1, 0.15) is 0 Å². The van der Waals surface area contributed by atoms with E-state index in [1.165, 1.54) is 17.0 Å². The van der Waals surface area contributed by atoms with Gasteiger partial charge >= 0.3 is 5.97 Å². The van der Waals surface area contributed by atoms with Gasteiger partial charge in [0.25, 0.3) is 5.91 Å². The van der Waals surface area contributed by atoms with Crippen LogP contribution in [0.5, 0.6) is 0 Å². The molecule has 2 N–H and O–H groups in total. The average molecular weight is 252 g/mol. The molecule has 0 radical (unpaired) electrons. The van der Waals surface area contributed by atoms with Crippen LogP contribution < -0.4 is 5.32 Å². The molecule has 1 fully saturated rings. The fraction of sp³-hybridized carbons (Fsp3) is 0.364. The lowest BCUT2D eigenvalue weighted by Crippen LogP contribution is -2.37. The van der Waals surface area contributed by atoms with Crippen molar-refractivity contribution in [1.29, 1.82) is 0 Å². The molecule has 0 bridgehead atoms. The number of hydrogen-bond acceptors (Lipinski definition) is 4. The van der Waals surface area contributed by atoms with Gasteiger partial charge in [-0.1, -0.05) is 0 Å². The molecule has 18 heavy (non-hydrogen) atoms. The molecule has 1 aromatic heterocycles. The van der Waals surface area contributed by atoms with Gasteiger partial charge in [0.15, 0.2) is 5.76 Å². The molecule has 0 aliphatic carbocycles. The number of aromatic carboxylic acids is 1. The number of furan rings is 1. The minimum Gasteiger partial charge on any atom is -0.475 e. The van der Waals surface area contributed by atoms with Gasteiger partial charge in [-0.15, -0.1) is 0 Å². The molecule has 1 aromatic rings. The first kappa shape index (κ1) is 12.2. The minimum atomic E-state index is -1.23. The molecule has 0 spiro atoms. The Kier molecular flexibility index (Phi) is 3.31. The smallest absolute Gasteiger partial charge is 0.371 e. The lowest BCUT2D eigenvalue weighted by atomic mass is 10.3. The van der Waals surface area contributed by atoms with Crippen molar-refractivity contribution in [3.05, 3.63) is 23.7 Å². The zero-order valence-corrected chi connectivity index (χ0v) is 9.51. The maximum absolute atomic E-state index is 12.0. The van der Waals surface area contributed by atoms with Crippen LogP contribution in [0.15, 0.2) is 16.5 Å². The standard InChI is InChI=1S/C11H12N2O5/c14-9-6-13(5-1-4-12-9)10(15)7-2-3-8(18-7)11(16)17/h2-3H,1,4-6H2,(H,12,14)(H,16,17). The number of nitrogens with one attached hydrogen (secondary N) is 1. The molecular formula is C11H12N2O5. The van der Waals surface area contributed by atoms with Crippen LogP contribution in [-0.2, 0) is 4.79 Å². The molecule has 2 amide bonds. The Labute approximate surface area is 102 Å². The lowest BCUT2D eigenvalue weighted by Gasteiger charge is -2.17. The van der Waals surface area contributed by atoms with Crippen molar-refractivity contribution >= 4 is 17.8 Å². The van der Waals surface area contributed by atoms with Crippen molar-refractivity contribution in [2.75, 3.05) is 19.6 Å². The Morgan fingerprint density at radius 2 is 2.06 bits per heavy atom. The van der Waals surface area contributed by atoms with Gasteiger partial charge in [-0.05, 0) is 18.6 Å². The predicted molar refractivity (Wildman–Crippen MR) is 59.2 cm³/mol. The Morgan fingerprint density at radius 1 is 1.33 bits per heavy atom. The summed E-state index contributed by atoms with van der Waals surface area (Å²) < 4.78 is 4.91. The summed E-state index contributed by atoms with van der Waals surface area (Å²) in [5.41, 5.74) is 0. The van der Waals surface area contributed by atoms with Crippen molar-refractivity contribution in [2.45, 2.75) is 6.42 Å². The predicted octanol–water partition coefficient (Wildman–Crippen LogP) is -0.0601. The SMILES string of the molecule is O=C1CN(C(=O)c2ccc(C(=O)O)o2)CCCN1. The average Bonchev–Trinajstić information content (AvgIpc) is 2.72. The molecule has 96 valence electrons. The number of carboxylic acids is 1. The zero-order chi connectivity index (χ0) is 13.1. The van der Waals surface area contributed by atoms with E-state index in [-0.39, 0.29) is 24.0 Å². The quantitative estimate of drug-likeness (QED) is 0.768. The van der Waals surface area contributed by atoms with Crippen molar-refractivity contribution in [2.24, 2.45) is 0 Å². The maximum Gasteiger partial charge on any atom is 0.371 e. The highest BCUT2D eigenvalue weighted by molar-refractivity contribution is 5.95. The number of rotatable bonds is 2. The van der Waals surface area contributed by atoms with E-state index in [0.29, 0.717) is 19.5 Å². The second kappa shape index (κ2) is 4.91. The molecule has 7 nitrogen and oxygen atoms in total. The summed E-state index contributed by atoms with van der Waals surface area (Å²) >= 11 is 0. The van der Waals surface area contributed by atoms with Crippen LogP contribution in [0.3, 0.4) is 0 Å². The summed E-state index contributed by atoms with van der Waals surface area (Å²) in [6.07, 6.45) is 0.657. The lowest BCUT2D eigenvalue weighted by molar-refractivity contribution is -0.121. The Morgan fingerprint density at radius 3 is 2.72 bits per heavy atom.